The van der Waals surface area contributed by atoms with Crippen molar-refractivity contribution in [1.82, 2.24) is 9.62 Å². The van der Waals surface area contributed by atoms with E-state index in [1.54, 1.807) is 14.0 Å². The maximum atomic E-state index is 12.6. The molecular weight excluding hydrogens is 309 g/mol. The Morgan fingerprint density at radius 3 is 2.48 bits per heavy atom. The lowest BCUT2D eigenvalue weighted by molar-refractivity contribution is -0.136. The zero-order chi connectivity index (χ0) is 16.3. The molecule has 0 saturated heterocycles. The predicted molar refractivity (Wildman–Crippen MR) is 71.3 cm³/mol. The summed E-state index contributed by atoms with van der Waals surface area (Å²) in [6.07, 6.45) is -4.30. The molecular formula is C12H19F3N2O3S. The van der Waals surface area contributed by atoms with Gasteiger partial charge in [-0.2, -0.15) is 17.5 Å². The molecule has 0 unspecified atom stereocenters. The molecule has 0 bridgehead atoms. The summed E-state index contributed by atoms with van der Waals surface area (Å²) in [5, 5.41) is 2.79. The van der Waals surface area contributed by atoms with Gasteiger partial charge in [0.2, 0.25) is 10.0 Å². The van der Waals surface area contributed by atoms with Crippen LogP contribution in [0.5, 0.6) is 0 Å². The molecule has 21 heavy (non-hydrogen) atoms. The number of rotatable bonds is 7. The second-order valence-corrected chi connectivity index (χ2v) is 6.52. The Morgan fingerprint density at radius 2 is 2.00 bits per heavy atom. The molecule has 5 nitrogen and oxygen atoms in total. The molecule has 1 aromatic heterocycles. The normalized spacial score (nSPS) is 13.1. The van der Waals surface area contributed by atoms with Crippen LogP contribution in [0, 0.1) is 6.92 Å². The molecule has 122 valence electrons. The van der Waals surface area contributed by atoms with Gasteiger partial charge in [0.25, 0.3) is 0 Å². The van der Waals surface area contributed by atoms with Gasteiger partial charge in [-0.1, -0.05) is 6.92 Å². The first-order valence-corrected chi connectivity index (χ1v) is 7.86. The average molecular weight is 328 g/mol. The van der Waals surface area contributed by atoms with Crippen LogP contribution in [0.4, 0.5) is 13.2 Å². The lowest BCUT2D eigenvalue weighted by Gasteiger charge is -2.22. The third kappa shape index (κ3) is 4.72. The summed E-state index contributed by atoms with van der Waals surface area (Å²) < 4.78 is 68.1. The van der Waals surface area contributed by atoms with E-state index in [4.69, 9.17) is 4.42 Å². The molecule has 9 heteroatoms. The van der Waals surface area contributed by atoms with Crippen molar-refractivity contribution in [2.45, 2.75) is 37.9 Å². The highest BCUT2D eigenvalue weighted by atomic mass is 32.2. The Hall–Kier alpha value is -1.06. The van der Waals surface area contributed by atoms with Crippen molar-refractivity contribution in [3.8, 4) is 0 Å². The number of nitrogens with zero attached hydrogens (tertiary/aromatic N) is 1. The lowest BCUT2D eigenvalue weighted by atomic mass is 10.4. The zero-order valence-corrected chi connectivity index (χ0v) is 12.9. The van der Waals surface area contributed by atoms with E-state index in [1.165, 1.54) is 13.0 Å². The van der Waals surface area contributed by atoms with E-state index in [2.05, 4.69) is 5.32 Å². The first kappa shape index (κ1) is 18.0. The molecule has 1 N–H and O–H groups in total. The Labute approximate surface area is 122 Å². The van der Waals surface area contributed by atoms with E-state index in [9.17, 15) is 21.6 Å². The summed E-state index contributed by atoms with van der Waals surface area (Å²) in [7, 11) is -2.58. The SMILES string of the molecule is CCCN(CC(F)(F)F)S(=O)(=O)c1cc(CNC)oc1C. The summed E-state index contributed by atoms with van der Waals surface area (Å²) in [5.74, 6) is 0.445. The molecule has 1 heterocycles. The minimum absolute atomic E-state index is 0.0866. The molecule has 1 rings (SSSR count). The summed E-state index contributed by atoms with van der Waals surface area (Å²) in [4.78, 5) is -0.217. The maximum Gasteiger partial charge on any atom is 0.402 e. The Balaban J connectivity index is 3.16. The highest BCUT2D eigenvalue weighted by Crippen LogP contribution is 2.27. The molecule has 0 radical (unpaired) electrons. The van der Waals surface area contributed by atoms with Gasteiger partial charge in [0.15, 0.2) is 0 Å². The van der Waals surface area contributed by atoms with Crippen LogP contribution in [-0.4, -0.2) is 39.0 Å². The van der Waals surface area contributed by atoms with Crippen molar-refractivity contribution in [3.63, 3.8) is 0 Å². The van der Waals surface area contributed by atoms with Crippen LogP contribution in [0.2, 0.25) is 0 Å². The topological polar surface area (TPSA) is 62.6 Å². The molecule has 0 aliphatic carbocycles. The lowest BCUT2D eigenvalue weighted by Crippen LogP contribution is -2.39. The first-order chi connectivity index (χ1) is 9.61. The van der Waals surface area contributed by atoms with Crippen molar-refractivity contribution in [2.75, 3.05) is 20.1 Å². The van der Waals surface area contributed by atoms with Gasteiger partial charge in [0, 0.05) is 12.6 Å². The van der Waals surface area contributed by atoms with Gasteiger partial charge in [-0.25, -0.2) is 8.42 Å². The summed E-state index contributed by atoms with van der Waals surface area (Å²) in [5.41, 5.74) is 0. The number of aryl methyl sites for hydroxylation is 1. The number of hydrogen-bond acceptors (Lipinski definition) is 4. The van der Waals surface area contributed by atoms with Gasteiger partial charge >= 0.3 is 6.18 Å². The number of sulfonamides is 1. The Bertz CT molecular complexity index is 567. The predicted octanol–water partition coefficient (Wildman–Crippen LogP) is 2.27. The van der Waals surface area contributed by atoms with Crippen LogP contribution >= 0.6 is 0 Å². The molecule has 0 saturated carbocycles. The average Bonchev–Trinajstić information content (AvgIpc) is 2.69. The summed E-state index contributed by atoms with van der Waals surface area (Å²) in [6.45, 7) is 1.63. The van der Waals surface area contributed by atoms with Crippen LogP contribution < -0.4 is 5.32 Å². The summed E-state index contributed by atoms with van der Waals surface area (Å²) in [6, 6.07) is 1.26. The van der Waals surface area contributed by atoms with Gasteiger partial charge in [-0.15, -0.1) is 0 Å². The second-order valence-electron chi connectivity index (χ2n) is 4.62. The number of hydrogen-bond donors (Lipinski definition) is 1. The van der Waals surface area contributed by atoms with Gasteiger partial charge < -0.3 is 9.73 Å². The van der Waals surface area contributed by atoms with Crippen LogP contribution in [-0.2, 0) is 16.6 Å². The van der Waals surface area contributed by atoms with E-state index in [-0.39, 0.29) is 23.6 Å². The molecule has 0 fully saturated rings. The van der Waals surface area contributed by atoms with Crippen LogP contribution in [0.25, 0.3) is 0 Å². The minimum atomic E-state index is -4.59. The quantitative estimate of drug-likeness (QED) is 0.834. The first-order valence-electron chi connectivity index (χ1n) is 6.42. The second kappa shape index (κ2) is 6.80. The van der Waals surface area contributed by atoms with E-state index < -0.39 is 22.7 Å². The fourth-order valence-corrected chi connectivity index (χ4v) is 3.62. The van der Waals surface area contributed by atoms with E-state index >= 15 is 0 Å². The summed E-state index contributed by atoms with van der Waals surface area (Å²) >= 11 is 0. The molecule has 0 amide bonds. The number of furan rings is 1. The largest absolute Gasteiger partial charge is 0.464 e. The number of alkyl halides is 3. The Kier molecular flexibility index (Phi) is 5.83. The van der Waals surface area contributed by atoms with Crippen molar-refractivity contribution in [3.05, 3.63) is 17.6 Å². The molecule has 1 aromatic rings. The highest BCUT2D eigenvalue weighted by molar-refractivity contribution is 7.89. The highest BCUT2D eigenvalue weighted by Gasteiger charge is 2.38. The molecule has 0 atom stereocenters. The van der Waals surface area contributed by atoms with Crippen LogP contribution in [0.3, 0.4) is 0 Å². The number of halogens is 3. The van der Waals surface area contributed by atoms with Crippen LogP contribution in [0.15, 0.2) is 15.4 Å². The van der Waals surface area contributed by atoms with Gasteiger partial charge in [0.05, 0.1) is 6.54 Å². The van der Waals surface area contributed by atoms with E-state index in [0.29, 0.717) is 16.6 Å². The molecule has 0 aromatic carbocycles. The molecule has 0 aliphatic rings. The van der Waals surface area contributed by atoms with Crippen LogP contribution in [0.1, 0.15) is 24.9 Å². The standard InChI is InChI=1S/C12H19F3N2O3S/c1-4-5-17(8-12(13,14)15)21(18,19)11-6-10(7-16-3)20-9(11)2/h6,16H,4-5,7-8H2,1-3H3. The third-order valence-corrected chi connectivity index (χ3v) is 4.67. The fourth-order valence-electron chi connectivity index (χ4n) is 1.91. The third-order valence-electron chi connectivity index (χ3n) is 2.72. The van der Waals surface area contributed by atoms with Gasteiger partial charge in [0.1, 0.15) is 23.0 Å². The molecule has 0 aliphatic heterocycles. The van der Waals surface area contributed by atoms with Crippen molar-refractivity contribution >= 4 is 10.0 Å². The zero-order valence-electron chi connectivity index (χ0n) is 12.1. The van der Waals surface area contributed by atoms with Gasteiger partial charge in [-0.05, 0) is 20.4 Å². The molecule has 0 spiro atoms. The van der Waals surface area contributed by atoms with Gasteiger partial charge in [-0.3, -0.25) is 0 Å². The Morgan fingerprint density at radius 1 is 1.38 bits per heavy atom. The van der Waals surface area contributed by atoms with Crippen molar-refractivity contribution < 1.29 is 26.0 Å². The number of nitrogens with one attached hydrogen (secondary N) is 1. The maximum absolute atomic E-state index is 12.6. The minimum Gasteiger partial charge on any atom is -0.464 e. The van der Waals surface area contributed by atoms with E-state index in [0.717, 1.165) is 0 Å². The smallest absolute Gasteiger partial charge is 0.402 e. The fraction of sp³-hybridized carbons (Fsp3) is 0.667. The van der Waals surface area contributed by atoms with Crippen molar-refractivity contribution in [2.24, 2.45) is 0 Å². The van der Waals surface area contributed by atoms with Crippen molar-refractivity contribution in [1.29, 1.82) is 0 Å². The monoisotopic (exact) mass is 328 g/mol. The van der Waals surface area contributed by atoms with E-state index in [1.807, 2.05) is 0 Å².